The SMILES string of the molecule is c1ccc(N(c2ccccc2)c2ccc(-n3c4cccc5c4c4c6c(cccc6ccc43)C53c4ccccc4-c4ccccc43)cc2)cc1. The summed E-state index contributed by atoms with van der Waals surface area (Å²) in [6, 6.07) is 67.0. The molecule has 2 aliphatic rings. The Bertz CT molecular complexity index is 2670. The number of hydrogen-bond acceptors (Lipinski definition) is 1. The van der Waals surface area contributed by atoms with Crippen molar-refractivity contribution in [1.29, 1.82) is 0 Å². The van der Waals surface area contributed by atoms with Gasteiger partial charge in [0.15, 0.2) is 0 Å². The van der Waals surface area contributed by atoms with Crippen LogP contribution in [0.25, 0.3) is 49.4 Å². The monoisotopic (exact) mass is 622 g/mol. The minimum atomic E-state index is -0.393. The Morgan fingerprint density at radius 3 is 1.51 bits per heavy atom. The van der Waals surface area contributed by atoms with Gasteiger partial charge in [0.05, 0.1) is 16.4 Å². The van der Waals surface area contributed by atoms with Crippen molar-refractivity contribution < 1.29 is 0 Å². The van der Waals surface area contributed by atoms with E-state index in [1.165, 1.54) is 66.0 Å². The maximum atomic E-state index is 2.48. The van der Waals surface area contributed by atoms with Crippen LogP contribution >= 0.6 is 0 Å². The van der Waals surface area contributed by atoms with Crippen LogP contribution in [0.3, 0.4) is 0 Å². The average Bonchev–Trinajstić information content (AvgIpc) is 3.67. The van der Waals surface area contributed by atoms with Gasteiger partial charge in [-0.3, -0.25) is 0 Å². The molecule has 8 aromatic carbocycles. The van der Waals surface area contributed by atoms with Gasteiger partial charge in [-0.05, 0) is 105 Å². The van der Waals surface area contributed by atoms with E-state index in [1.54, 1.807) is 0 Å². The summed E-state index contributed by atoms with van der Waals surface area (Å²) in [5, 5.41) is 5.36. The molecule has 2 heteroatoms. The van der Waals surface area contributed by atoms with E-state index in [0.29, 0.717) is 0 Å². The third kappa shape index (κ3) is 3.40. The molecule has 0 fully saturated rings. The summed E-state index contributed by atoms with van der Waals surface area (Å²) in [5.74, 6) is 0. The van der Waals surface area contributed by atoms with Crippen LogP contribution in [0.2, 0.25) is 0 Å². The topological polar surface area (TPSA) is 8.17 Å². The van der Waals surface area contributed by atoms with Gasteiger partial charge in [-0.15, -0.1) is 0 Å². The number of hydrogen-bond donors (Lipinski definition) is 0. The zero-order valence-electron chi connectivity index (χ0n) is 26.7. The van der Waals surface area contributed by atoms with Gasteiger partial charge < -0.3 is 9.47 Å². The molecule has 11 rings (SSSR count). The highest BCUT2D eigenvalue weighted by Gasteiger charge is 2.49. The summed E-state index contributed by atoms with van der Waals surface area (Å²) in [7, 11) is 0. The van der Waals surface area contributed by atoms with Crippen LogP contribution in [0.5, 0.6) is 0 Å². The predicted octanol–water partition coefficient (Wildman–Crippen LogP) is 12.1. The lowest BCUT2D eigenvalue weighted by Crippen LogP contribution is -2.30. The third-order valence-corrected chi connectivity index (χ3v) is 11.0. The second kappa shape index (κ2) is 9.82. The van der Waals surface area contributed by atoms with Gasteiger partial charge in [0.2, 0.25) is 0 Å². The van der Waals surface area contributed by atoms with Crippen LogP contribution in [-0.4, -0.2) is 4.57 Å². The fraction of sp³-hybridized carbons (Fsp3) is 0.0213. The van der Waals surface area contributed by atoms with E-state index in [4.69, 9.17) is 0 Å². The van der Waals surface area contributed by atoms with Crippen LogP contribution in [0.15, 0.2) is 182 Å². The normalized spacial score (nSPS) is 13.5. The van der Waals surface area contributed by atoms with Crippen LogP contribution < -0.4 is 4.90 Å². The van der Waals surface area contributed by atoms with Crippen molar-refractivity contribution in [3.8, 4) is 16.8 Å². The largest absolute Gasteiger partial charge is 0.311 e. The molecule has 2 nitrogen and oxygen atoms in total. The maximum Gasteiger partial charge on any atom is 0.0726 e. The van der Waals surface area contributed by atoms with Gasteiger partial charge in [-0.25, -0.2) is 0 Å². The van der Waals surface area contributed by atoms with Gasteiger partial charge in [-0.1, -0.05) is 121 Å². The Kier molecular flexibility index (Phi) is 5.34. The first kappa shape index (κ1) is 26.7. The van der Waals surface area contributed by atoms with Crippen molar-refractivity contribution in [2.45, 2.75) is 5.41 Å². The Balaban J connectivity index is 1.19. The van der Waals surface area contributed by atoms with E-state index in [0.717, 1.165) is 22.7 Å². The highest BCUT2D eigenvalue weighted by molar-refractivity contribution is 6.26. The van der Waals surface area contributed by atoms with E-state index >= 15 is 0 Å². The molecule has 9 aromatic rings. The lowest BCUT2D eigenvalue weighted by atomic mass is 9.63. The first-order valence-electron chi connectivity index (χ1n) is 17.0. The molecule has 0 saturated heterocycles. The van der Waals surface area contributed by atoms with Crippen molar-refractivity contribution in [2.24, 2.45) is 0 Å². The summed E-state index contributed by atoms with van der Waals surface area (Å²) in [4.78, 5) is 2.32. The molecule has 0 bridgehead atoms. The summed E-state index contributed by atoms with van der Waals surface area (Å²) in [6.45, 7) is 0. The van der Waals surface area contributed by atoms with Crippen molar-refractivity contribution in [2.75, 3.05) is 4.90 Å². The van der Waals surface area contributed by atoms with Crippen molar-refractivity contribution in [3.63, 3.8) is 0 Å². The number of nitrogens with zero attached hydrogens (tertiary/aromatic N) is 2. The first-order valence-corrected chi connectivity index (χ1v) is 17.0. The molecule has 1 spiro atoms. The molecule has 0 aliphatic heterocycles. The molecule has 228 valence electrons. The molecule has 2 aliphatic carbocycles. The molecule has 1 heterocycles. The quantitative estimate of drug-likeness (QED) is 0.190. The molecular weight excluding hydrogens is 593 g/mol. The molecule has 0 N–H and O–H groups in total. The first-order chi connectivity index (χ1) is 24.3. The molecular formula is C47H30N2. The summed E-state index contributed by atoms with van der Waals surface area (Å²) in [6.07, 6.45) is 0. The number of aromatic nitrogens is 1. The maximum absolute atomic E-state index is 2.48. The van der Waals surface area contributed by atoms with Crippen LogP contribution in [0, 0.1) is 0 Å². The second-order valence-corrected chi connectivity index (χ2v) is 13.3. The van der Waals surface area contributed by atoms with Crippen molar-refractivity contribution in [1.82, 2.24) is 4.57 Å². The second-order valence-electron chi connectivity index (χ2n) is 13.3. The van der Waals surface area contributed by atoms with Crippen molar-refractivity contribution >= 4 is 49.6 Å². The minimum absolute atomic E-state index is 0.393. The van der Waals surface area contributed by atoms with E-state index in [9.17, 15) is 0 Å². The molecule has 1 aromatic heterocycles. The number of fused-ring (bicyclic) bond motifs is 7. The third-order valence-electron chi connectivity index (χ3n) is 11.0. The Morgan fingerprint density at radius 2 is 0.857 bits per heavy atom. The van der Waals surface area contributed by atoms with Gasteiger partial charge in [0.25, 0.3) is 0 Å². The number of anilines is 3. The minimum Gasteiger partial charge on any atom is -0.311 e. The molecule has 0 atom stereocenters. The highest BCUT2D eigenvalue weighted by Crippen LogP contribution is 2.62. The Morgan fingerprint density at radius 1 is 0.347 bits per heavy atom. The molecule has 0 radical (unpaired) electrons. The van der Waals surface area contributed by atoms with E-state index in [2.05, 4.69) is 191 Å². The zero-order valence-corrected chi connectivity index (χ0v) is 26.7. The number of rotatable bonds is 4. The molecule has 49 heavy (non-hydrogen) atoms. The lowest BCUT2D eigenvalue weighted by Gasteiger charge is -2.37. The standard InChI is InChI=1S/C47H30N2/c1-3-14-32(15-4-1)48(33-16-5-2-6-17-33)34-26-28-35(29-27-34)49-42-24-12-23-41-45(42)46-43(49)30-25-31-13-11-22-40(44(31)46)47(41)38-20-9-7-18-36(38)37-19-8-10-21-39(37)47/h1-30H. The van der Waals surface area contributed by atoms with Gasteiger partial charge in [0.1, 0.15) is 0 Å². The fourth-order valence-corrected chi connectivity index (χ4v) is 9.14. The fourth-order valence-electron chi connectivity index (χ4n) is 9.14. The summed E-state index contributed by atoms with van der Waals surface area (Å²) >= 11 is 0. The average molecular weight is 623 g/mol. The summed E-state index contributed by atoms with van der Waals surface area (Å²) < 4.78 is 2.48. The zero-order chi connectivity index (χ0) is 32.1. The van der Waals surface area contributed by atoms with Gasteiger partial charge in [-0.2, -0.15) is 0 Å². The highest BCUT2D eigenvalue weighted by atomic mass is 15.1. The molecule has 0 amide bonds. The van der Waals surface area contributed by atoms with E-state index in [1.807, 2.05) is 0 Å². The Labute approximate surface area is 284 Å². The molecule has 0 saturated carbocycles. The van der Waals surface area contributed by atoms with Crippen LogP contribution in [0.4, 0.5) is 17.1 Å². The van der Waals surface area contributed by atoms with Gasteiger partial charge in [0, 0.05) is 33.5 Å². The summed E-state index contributed by atoms with van der Waals surface area (Å²) in [5.41, 5.74) is 14.8. The Hall–Kier alpha value is -6.38. The van der Waals surface area contributed by atoms with Crippen LogP contribution in [0.1, 0.15) is 22.3 Å². The van der Waals surface area contributed by atoms with E-state index in [-0.39, 0.29) is 0 Å². The van der Waals surface area contributed by atoms with E-state index < -0.39 is 5.41 Å². The van der Waals surface area contributed by atoms with Crippen molar-refractivity contribution in [3.05, 3.63) is 204 Å². The molecule has 0 unspecified atom stereocenters. The number of para-hydroxylation sites is 2. The lowest BCUT2D eigenvalue weighted by molar-refractivity contribution is 0.783. The van der Waals surface area contributed by atoms with Crippen LogP contribution in [-0.2, 0) is 5.41 Å². The van der Waals surface area contributed by atoms with Gasteiger partial charge >= 0.3 is 0 Å². The predicted molar refractivity (Wildman–Crippen MR) is 204 cm³/mol. The smallest absolute Gasteiger partial charge is 0.0726 e. The number of benzene rings is 8.